The zero-order valence-electron chi connectivity index (χ0n) is 80.7. The number of aliphatic carboxylic acids is 1. The molecule has 9 aromatic rings. The van der Waals surface area contributed by atoms with Crippen LogP contribution in [-0.4, -0.2) is 344 Å². The third-order valence-electron chi connectivity index (χ3n) is 20.5. The van der Waals surface area contributed by atoms with E-state index in [1.165, 1.54) is 0 Å². The predicted molar refractivity (Wildman–Crippen MR) is 525 cm³/mol. The van der Waals surface area contributed by atoms with Crippen LogP contribution in [0.4, 0.5) is 0 Å². The Morgan fingerprint density at radius 3 is 0.417 bits per heavy atom. The topological polar surface area (TPSA) is 326 Å². The van der Waals surface area contributed by atoms with E-state index in [9.17, 15) is 9.59 Å². The van der Waals surface area contributed by atoms with Crippen molar-refractivity contribution in [3.63, 3.8) is 0 Å². The number of esters is 1. The van der Waals surface area contributed by atoms with Crippen LogP contribution in [0.1, 0.15) is 62.9 Å². The second kappa shape index (κ2) is 80.4. The maximum absolute atomic E-state index is 11.3. The molecule has 139 heavy (non-hydrogen) atoms. The van der Waals surface area contributed by atoms with Gasteiger partial charge in [0.25, 0.3) is 0 Å². The zero-order chi connectivity index (χ0) is 97.7. The molecule has 0 saturated carbocycles. The minimum atomic E-state index is -1.04. The quantitative estimate of drug-likeness (QED) is 0.0181. The van der Waals surface area contributed by atoms with E-state index in [-0.39, 0.29) is 39.3 Å². The molecule has 0 fully saturated rings. The van der Waals surface area contributed by atoms with E-state index in [1.54, 1.807) is 0 Å². The summed E-state index contributed by atoms with van der Waals surface area (Å²) >= 11 is 0. The highest BCUT2D eigenvalue weighted by atomic mass is 16.6. The zero-order valence-corrected chi connectivity index (χ0v) is 80.7. The second-order valence-electron chi connectivity index (χ2n) is 30.3. The Hall–Kier alpha value is -9.12. The highest BCUT2D eigenvalue weighted by Gasteiger charge is 2.40. The first-order chi connectivity index (χ1) is 68.9. The van der Waals surface area contributed by atoms with E-state index in [1.807, 2.05) is 164 Å². The van der Waals surface area contributed by atoms with Gasteiger partial charge in [-0.25, -0.2) is 0 Å². The summed E-state index contributed by atoms with van der Waals surface area (Å²) in [4.78, 5) is 21.7. The molecule has 0 aromatic heterocycles. The van der Waals surface area contributed by atoms with Crippen molar-refractivity contribution >= 4 is 11.9 Å². The molecule has 0 spiro atoms. The number of aliphatic hydroxyl groups excluding tert-OH is 2. The molecule has 0 atom stereocenters. The van der Waals surface area contributed by atoms with Gasteiger partial charge in [0, 0.05) is 0 Å². The number of carbonyl (C=O) groups excluding carboxylic acids is 1. The number of ether oxygens (including phenoxy) is 25. The fraction of sp³-hybridized carbons (Fsp3) is 0.486. The van der Waals surface area contributed by atoms with E-state index in [0.29, 0.717) is 291 Å². The van der Waals surface area contributed by atoms with Gasteiger partial charge < -0.3 is 134 Å². The van der Waals surface area contributed by atoms with Crippen molar-refractivity contribution in [3.05, 3.63) is 323 Å². The molecule has 0 aliphatic heterocycles. The lowest BCUT2D eigenvalue weighted by atomic mass is 9.80. The van der Waals surface area contributed by atoms with Crippen molar-refractivity contribution in [2.75, 3.05) is 317 Å². The number of carboxylic acid groups (broad SMARTS) is 1. The lowest BCUT2D eigenvalue weighted by molar-refractivity contribution is -0.149. The number of aliphatic hydroxyl groups is 2. The Morgan fingerprint density at radius 2 is 0.288 bits per heavy atom. The molecule has 0 aliphatic carbocycles. The van der Waals surface area contributed by atoms with E-state index >= 15 is 0 Å². The minimum Gasteiger partial charge on any atom is -0.481 e. The van der Waals surface area contributed by atoms with Crippen molar-refractivity contribution < 1.29 is 143 Å². The molecule has 0 bridgehead atoms. The molecule has 30 nitrogen and oxygen atoms in total. The number of carboxylic acids is 1. The lowest BCUT2D eigenvalue weighted by Crippen LogP contribution is -2.34. The van der Waals surface area contributed by atoms with Gasteiger partial charge in [0.15, 0.2) is 0 Å². The van der Waals surface area contributed by atoms with Gasteiger partial charge in [-0.2, -0.15) is 0 Å². The maximum Gasteiger partial charge on any atom is 0.306 e. The number of carbonyl (C=O) groups is 2. The van der Waals surface area contributed by atoms with Crippen LogP contribution in [-0.2, 0) is 145 Å². The molecule has 0 heterocycles. The van der Waals surface area contributed by atoms with E-state index in [4.69, 9.17) is 134 Å². The molecular formula is C109H148O30. The molecule has 30 heteroatoms. The van der Waals surface area contributed by atoms with Gasteiger partial charge in [-0.15, -0.1) is 0 Å². The van der Waals surface area contributed by atoms with E-state index < -0.39 is 28.7 Å². The summed E-state index contributed by atoms with van der Waals surface area (Å²) in [6.07, 6.45) is -0.390. The van der Waals surface area contributed by atoms with Crippen LogP contribution in [0, 0.1) is 0 Å². The highest BCUT2D eigenvalue weighted by molar-refractivity contribution is 5.76. The van der Waals surface area contributed by atoms with Crippen molar-refractivity contribution in [2.24, 2.45) is 0 Å². The smallest absolute Gasteiger partial charge is 0.306 e. The molecule has 764 valence electrons. The SMILES string of the molecule is O=C(O)CCC(=O)OCCOCCOCCOCCOCCOCCOCCOCCOC(c1ccccc1)(c1ccccc1)c1ccccc1.OCCOCCOCCOCCOCCOCCOCCOCCOC(c1ccccc1)(c1ccccc1)c1ccccc1.OCCOCCOCCOCCOCCOCCOCCOCCOC(c1ccccc1)(c1ccccc1)c1ccccc1. The van der Waals surface area contributed by atoms with Gasteiger partial charge in [-0.1, -0.05) is 273 Å². The minimum absolute atomic E-state index is 0.0255. The fourth-order valence-corrected chi connectivity index (χ4v) is 14.0. The standard InChI is InChI=1S/C39H52O12.2C35H48O9/c40-37(41)16-17-38(42)50-32-30-48-28-26-46-24-22-44-20-18-43-19-21-45-23-25-47-27-29-49-31-33-51-39(34-10-4-1-5-11-34,35-12-6-2-7-13-35)36-14-8-3-9-15-36;2*36-16-17-37-18-19-38-20-21-39-22-23-40-24-25-41-26-27-42-28-29-43-30-31-44-35(32-10-4-1-5-11-32,33-12-6-2-7-13-33)34-14-8-3-9-15-34/h1-15H,16-33H2,(H,40,41);2*1-15,36H,16-31H2. The normalized spacial score (nSPS) is 11.6. The van der Waals surface area contributed by atoms with Crippen LogP contribution in [0.3, 0.4) is 0 Å². The first kappa shape index (κ1) is 117. The van der Waals surface area contributed by atoms with Crippen molar-refractivity contribution in [2.45, 2.75) is 29.6 Å². The average Bonchev–Trinajstić information content (AvgIpc) is 0.769. The molecule has 0 unspecified atom stereocenters. The summed E-state index contributed by atoms with van der Waals surface area (Å²) in [7, 11) is 0. The summed E-state index contributed by atoms with van der Waals surface area (Å²) in [6.45, 7) is 20.7. The summed E-state index contributed by atoms with van der Waals surface area (Å²) in [5.41, 5.74) is 7.32. The van der Waals surface area contributed by atoms with E-state index in [0.717, 1.165) is 50.1 Å². The number of hydrogen-bond donors (Lipinski definition) is 3. The highest BCUT2D eigenvalue weighted by Crippen LogP contribution is 2.43. The van der Waals surface area contributed by atoms with Gasteiger partial charge in [0.2, 0.25) is 0 Å². The summed E-state index contributed by atoms with van der Waals surface area (Å²) < 4.78 is 140. The fourth-order valence-electron chi connectivity index (χ4n) is 14.0. The van der Waals surface area contributed by atoms with E-state index in [2.05, 4.69) is 109 Å². The summed E-state index contributed by atoms with van der Waals surface area (Å²) in [5, 5.41) is 25.7. The lowest BCUT2D eigenvalue weighted by Gasteiger charge is -2.36. The van der Waals surface area contributed by atoms with Gasteiger partial charge in [-0.05, 0) is 50.1 Å². The molecule has 0 radical (unpaired) electrons. The van der Waals surface area contributed by atoms with Crippen LogP contribution in [0.5, 0.6) is 0 Å². The third kappa shape index (κ3) is 50.4. The molecule has 0 aliphatic rings. The van der Waals surface area contributed by atoms with Gasteiger partial charge in [0.05, 0.1) is 323 Å². The summed E-state index contributed by atoms with van der Waals surface area (Å²) in [5.74, 6) is -1.59. The maximum atomic E-state index is 11.3. The Kier molecular flexibility index (Phi) is 67.6. The Morgan fingerprint density at radius 1 is 0.165 bits per heavy atom. The summed E-state index contributed by atoms with van der Waals surface area (Å²) in [6, 6.07) is 92.8. The van der Waals surface area contributed by atoms with Gasteiger partial charge >= 0.3 is 11.9 Å². The largest absolute Gasteiger partial charge is 0.481 e. The Bertz CT molecular complexity index is 3800. The molecule has 9 aromatic carbocycles. The third-order valence-corrected chi connectivity index (χ3v) is 20.5. The molecule has 0 amide bonds. The first-order valence-corrected chi connectivity index (χ1v) is 48.0. The van der Waals surface area contributed by atoms with Crippen molar-refractivity contribution in [1.82, 2.24) is 0 Å². The molecule has 9 rings (SSSR count). The molecule has 0 saturated heterocycles. The first-order valence-electron chi connectivity index (χ1n) is 48.0. The van der Waals surface area contributed by atoms with Crippen LogP contribution in [0.2, 0.25) is 0 Å². The van der Waals surface area contributed by atoms with Crippen molar-refractivity contribution in [1.29, 1.82) is 0 Å². The Labute approximate surface area is 821 Å². The number of rotatable bonds is 85. The van der Waals surface area contributed by atoms with Crippen LogP contribution in [0.15, 0.2) is 273 Å². The number of benzene rings is 9. The monoisotopic (exact) mass is 1940 g/mol. The second-order valence-corrected chi connectivity index (χ2v) is 30.3. The van der Waals surface area contributed by atoms with Crippen LogP contribution >= 0.6 is 0 Å². The predicted octanol–water partition coefficient (Wildman–Crippen LogP) is 12.7. The molecular weight excluding hydrogens is 1790 g/mol. The van der Waals surface area contributed by atoms with Crippen LogP contribution in [0.25, 0.3) is 0 Å². The molecule has 3 N–H and O–H groups in total. The van der Waals surface area contributed by atoms with Gasteiger partial charge in [-0.3, -0.25) is 9.59 Å². The van der Waals surface area contributed by atoms with Gasteiger partial charge in [0.1, 0.15) is 23.4 Å². The average molecular weight is 1940 g/mol. The number of hydrogen-bond acceptors (Lipinski definition) is 29. The van der Waals surface area contributed by atoms with Crippen molar-refractivity contribution in [3.8, 4) is 0 Å². The van der Waals surface area contributed by atoms with Crippen LogP contribution < -0.4 is 0 Å². The Balaban J connectivity index is 0.000000285.